The van der Waals surface area contributed by atoms with Gasteiger partial charge < -0.3 is 4.74 Å². The molecule has 13 heavy (non-hydrogen) atoms. The zero-order valence-corrected chi connectivity index (χ0v) is 8.48. The van der Waals surface area contributed by atoms with Crippen molar-refractivity contribution in [2.45, 2.75) is 19.8 Å². The number of carbonyl (C=O) groups excluding carboxylic acids is 1. The Bertz CT molecular complexity index is 341. The number of rotatable bonds is 3. The smallest absolute Gasteiger partial charge is 0.273 e. The zero-order chi connectivity index (χ0) is 9.47. The third-order valence-electron chi connectivity index (χ3n) is 2.44. The highest BCUT2D eigenvalue weighted by Gasteiger charge is 2.45. The summed E-state index contributed by atoms with van der Waals surface area (Å²) in [4.78, 5) is 15.8. The van der Waals surface area contributed by atoms with E-state index < -0.39 is 0 Å². The Hall–Kier alpha value is -0.900. The number of Topliss-reactive ketones (excluding diaryl/α,β-unsaturated/α-hetero) is 1. The fourth-order valence-electron chi connectivity index (χ4n) is 1.18. The van der Waals surface area contributed by atoms with E-state index in [0.29, 0.717) is 10.9 Å². The summed E-state index contributed by atoms with van der Waals surface area (Å²) in [5.74, 6) is 0.159. The van der Waals surface area contributed by atoms with Crippen LogP contribution in [-0.2, 0) is 0 Å². The molecule has 1 aliphatic carbocycles. The third kappa shape index (κ3) is 1.46. The summed E-state index contributed by atoms with van der Waals surface area (Å²) in [5, 5.41) is 2.33. The molecule has 1 aliphatic rings. The number of hydrogen-bond donors (Lipinski definition) is 0. The van der Waals surface area contributed by atoms with Gasteiger partial charge in [-0.1, -0.05) is 18.3 Å². The lowest BCUT2D eigenvalue weighted by molar-refractivity contribution is 0.0907. The van der Waals surface area contributed by atoms with Crippen molar-refractivity contribution in [2.75, 3.05) is 7.11 Å². The van der Waals surface area contributed by atoms with Crippen molar-refractivity contribution in [1.82, 2.24) is 4.98 Å². The molecule has 3 nitrogen and oxygen atoms in total. The van der Waals surface area contributed by atoms with Gasteiger partial charge in [0.05, 0.1) is 7.11 Å². The second-order valence-corrected chi connectivity index (χ2v) is 4.41. The van der Waals surface area contributed by atoms with Crippen molar-refractivity contribution < 1.29 is 9.53 Å². The molecule has 2 rings (SSSR count). The molecule has 0 radical (unpaired) electrons. The second kappa shape index (κ2) is 2.80. The van der Waals surface area contributed by atoms with E-state index in [0.717, 1.165) is 12.8 Å². The van der Waals surface area contributed by atoms with Crippen LogP contribution in [0.2, 0.25) is 0 Å². The molecule has 0 aliphatic heterocycles. The van der Waals surface area contributed by atoms with Crippen molar-refractivity contribution >= 4 is 17.1 Å². The van der Waals surface area contributed by atoms with Gasteiger partial charge in [0.15, 0.2) is 5.78 Å². The SMILES string of the molecule is COc1nc(C(=O)C2(C)CC2)cs1. The fourth-order valence-corrected chi connectivity index (χ4v) is 1.80. The molecule has 4 heteroatoms. The van der Waals surface area contributed by atoms with Crippen LogP contribution in [0.1, 0.15) is 30.3 Å². The molecular formula is C9H11NO2S. The summed E-state index contributed by atoms with van der Waals surface area (Å²) < 4.78 is 4.93. The summed E-state index contributed by atoms with van der Waals surface area (Å²) in [6.07, 6.45) is 1.98. The van der Waals surface area contributed by atoms with Crippen LogP contribution in [0.5, 0.6) is 5.19 Å². The normalized spacial score (nSPS) is 18.3. The minimum atomic E-state index is -0.126. The Morgan fingerprint density at radius 1 is 1.69 bits per heavy atom. The molecule has 1 heterocycles. The molecule has 0 bridgehead atoms. The maximum Gasteiger partial charge on any atom is 0.273 e. The lowest BCUT2D eigenvalue weighted by Crippen LogP contribution is -2.12. The lowest BCUT2D eigenvalue weighted by atomic mass is 10.0. The highest BCUT2D eigenvalue weighted by molar-refractivity contribution is 7.11. The van der Waals surface area contributed by atoms with Crippen LogP contribution >= 0.6 is 11.3 Å². The van der Waals surface area contributed by atoms with Crippen LogP contribution in [0.4, 0.5) is 0 Å². The van der Waals surface area contributed by atoms with Gasteiger partial charge >= 0.3 is 0 Å². The predicted molar refractivity (Wildman–Crippen MR) is 50.3 cm³/mol. The molecule has 0 spiro atoms. The molecule has 70 valence electrons. The molecule has 0 aromatic carbocycles. The Morgan fingerprint density at radius 2 is 2.38 bits per heavy atom. The van der Waals surface area contributed by atoms with E-state index >= 15 is 0 Å². The van der Waals surface area contributed by atoms with Crippen molar-refractivity contribution in [1.29, 1.82) is 0 Å². The van der Waals surface area contributed by atoms with E-state index in [9.17, 15) is 4.79 Å². The summed E-state index contributed by atoms with van der Waals surface area (Å²) >= 11 is 1.37. The van der Waals surface area contributed by atoms with Crippen LogP contribution in [0.3, 0.4) is 0 Å². The first kappa shape index (κ1) is 8.69. The Morgan fingerprint density at radius 3 is 2.85 bits per heavy atom. The summed E-state index contributed by atoms with van der Waals surface area (Å²) in [6, 6.07) is 0. The monoisotopic (exact) mass is 197 g/mol. The van der Waals surface area contributed by atoms with Crippen LogP contribution in [0, 0.1) is 5.41 Å². The number of ether oxygens (including phenoxy) is 1. The molecule has 0 unspecified atom stereocenters. The minimum Gasteiger partial charge on any atom is -0.473 e. The lowest BCUT2D eigenvalue weighted by Gasteiger charge is -2.02. The summed E-state index contributed by atoms with van der Waals surface area (Å²) in [5.41, 5.74) is 0.431. The molecule has 1 fully saturated rings. The van der Waals surface area contributed by atoms with Gasteiger partial charge in [-0.05, 0) is 12.8 Å². The largest absolute Gasteiger partial charge is 0.473 e. The van der Waals surface area contributed by atoms with Gasteiger partial charge in [-0.25, -0.2) is 0 Å². The first-order valence-electron chi connectivity index (χ1n) is 4.20. The molecule has 1 saturated carbocycles. The first-order chi connectivity index (χ1) is 6.15. The average Bonchev–Trinajstić information content (AvgIpc) is 2.71. The summed E-state index contributed by atoms with van der Waals surface area (Å²) in [7, 11) is 1.56. The Labute approximate surface area is 80.8 Å². The standard InChI is InChI=1S/C9H11NO2S/c1-9(3-4-9)7(11)6-5-13-8(10-6)12-2/h5H,3-4H2,1-2H3. The Kier molecular flexibility index (Phi) is 1.87. The molecular weight excluding hydrogens is 186 g/mol. The van der Waals surface area contributed by atoms with Crippen molar-refractivity contribution in [3.8, 4) is 5.19 Å². The van der Waals surface area contributed by atoms with Gasteiger partial charge in [0.1, 0.15) is 5.69 Å². The highest BCUT2D eigenvalue weighted by Crippen LogP contribution is 2.47. The maximum atomic E-state index is 11.7. The van der Waals surface area contributed by atoms with E-state index in [1.165, 1.54) is 11.3 Å². The molecule has 1 aromatic rings. The molecule has 1 aromatic heterocycles. The number of hydrogen-bond acceptors (Lipinski definition) is 4. The van der Waals surface area contributed by atoms with E-state index in [4.69, 9.17) is 4.74 Å². The van der Waals surface area contributed by atoms with Crippen LogP contribution in [0.15, 0.2) is 5.38 Å². The molecule has 0 amide bonds. The topological polar surface area (TPSA) is 39.2 Å². The van der Waals surface area contributed by atoms with Gasteiger partial charge in [0.25, 0.3) is 5.19 Å². The average molecular weight is 197 g/mol. The molecule has 0 N–H and O–H groups in total. The van der Waals surface area contributed by atoms with E-state index in [-0.39, 0.29) is 11.2 Å². The van der Waals surface area contributed by atoms with E-state index in [1.807, 2.05) is 6.92 Å². The summed E-state index contributed by atoms with van der Waals surface area (Å²) in [6.45, 7) is 1.99. The van der Waals surface area contributed by atoms with Gasteiger partial charge in [-0.2, -0.15) is 4.98 Å². The second-order valence-electron chi connectivity index (χ2n) is 3.59. The van der Waals surface area contributed by atoms with Gasteiger partial charge in [0, 0.05) is 10.8 Å². The minimum absolute atomic E-state index is 0.126. The number of carbonyl (C=O) groups is 1. The Balaban J connectivity index is 2.20. The van der Waals surface area contributed by atoms with Crippen LogP contribution in [0.25, 0.3) is 0 Å². The van der Waals surface area contributed by atoms with Crippen LogP contribution in [-0.4, -0.2) is 17.9 Å². The predicted octanol–water partition coefficient (Wildman–Crippen LogP) is 2.13. The van der Waals surface area contributed by atoms with Crippen molar-refractivity contribution in [3.05, 3.63) is 11.1 Å². The third-order valence-corrected chi connectivity index (χ3v) is 3.24. The zero-order valence-electron chi connectivity index (χ0n) is 7.66. The van der Waals surface area contributed by atoms with E-state index in [2.05, 4.69) is 4.98 Å². The van der Waals surface area contributed by atoms with E-state index in [1.54, 1.807) is 12.5 Å². The number of thiazole rings is 1. The first-order valence-corrected chi connectivity index (χ1v) is 5.08. The van der Waals surface area contributed by atoms with Gasteiger partial charge in [-0.15, -0.1) is 0 Å². The van der Waals surface area contributed by atoms with Crippen molar-refractivity contribution in [2.24, 2.45) is 5.41 Å². The van der Waals surface area contributed by atoms with Gasteiger partial charge in [0.2, 0.25) is 0 Å². The number of nitrogens with zero attached hydrogens (tertiary/aromatic N) is 1. The number of aromatic nitrogens is 1. The van der Waals surface area contributed by atoms with Crippen molar-refractivity contribution in [3.63, 3.8) is 0 Å². The molecule has 0 atom stereocenters. The number of methoxy groups -OCH3 is 1. The quantitative estimate of drug-likeness (QED) is 0.697. The fraction of sp³-hybridized carbons (Fsp3) is 0.556. The highest BCUT2D eigenvalue weighted by atomic mass is 32.1. The van der Waals surface area contributed by atoms with Gasteiger partial charge in [-0.3, -0.25) is 4.79 Å². The maximum absolute atomic E-state index is 11.7. The molecule has 0 saturated heterocycles. The number of ketones is 1. The van der Waals surface area contributed by atoms with Crippen LogP contribution < -0.4 is 4.74 Å².